The molecule has 1 rings (SSSR count). The molecular weight excluding hydrogens is 225 g/mol. The van der Waals surface area contributed by atoms with E-state index in [-0.39, 0.29) is 30.7 Å². The molecule has 0 bridgehead atoms. The molecule has 0 aromatic carbocycles. The highest BCUT2D eigenvalue weighted by atomic mass is 35.5. The Morgan fingerprint density at radius 3 is 2.21 bits per heavy atom. The number of rotatable bonds is 2. The maximum atomic E-state index is 11.5. The average molecular weight is 244 g/mol. The van der Waals surface area contributed by atoms with Crippen LogP contribution in [0.25, 0.3) is 0 Å². The van der Waals surface area contributed by atoms with Crippen molar-refractivity contribution in [1.82, 2.24) is 15.1 Å². The summed E-state index contributed by atoms with van der Waals surface area (Å²) in [5.74, 6) is 0.238. The minimum Gasteiger partial charge on any atom is -0.339 e. The van der Waals surface area contributed by atoms with Crippen molar-refractivity contribution in [1.29, 1.82) is 0 Å². The summed E-state index contributed by atoms with van der Waals surface area (Å²) in [4.78, 5) is 15.3. The molecule has 1 N–H and O–H groups in total. The standard InChI is InChI=1S/C8H17N3O.2ClH/c1-10(2)7-8(12)11-5-3-9-4-6-11;;/h9H,3-7H2,1-2H3;2*1H. The highest BCUT2D eigenvalue weighted by Gasteiger charge is 2.15. The van der Waals surface area contributed by atoms with Crippen LogP contribution in [-0.4, -0.2) is 62.5 Å². The Hall–Kier alpha value is -0.0300. The van der Waals surface area contributed by atoms with E-state index in [1.807, 2.05) is 23.9 Å². The molecule has 1 fully saturated rings. The van der Waals surface area contributed by atoms with E-state index in [0.29, 0.717) is 6.54 Å². The Morgan fingerprint density at radius 1 is 1.29 bits per heavy atom. The summed E-state index contributed by atoms with van der Waals surface area (Å²) in [6, 6.07) is 0. The number of nitrogens with zero attached hydrogens (tertiary/aromatic N) is 2. The minimum absolute atomic E-state index is 0. The molecule has 0 spiro atoms. The second-order valence-electron chi connectivity index (χ2n) is 3.37. The topological polar surface area (TPSA) is 35.6 Å². The SMILES string of the molecule is CN(C)CC(=O)N1CCNCC1.Cl.Cl. The van der Waals surface area contributed by atoms with Gasteiger partial charge in [-0.05, 0) is 14.1 Å². The molecule has 0 aromatic heterocycles. The van der Waals surface area contributed by atoms with E-state index in [0.717, 1.165) is 26.2 Å². The molecule has 1 aliphatic rings. The predicted molar refractivity (Wildman–Crippen MR) is 62.5 cm³/mol. The highest BCUT2D eigenvalue weighted by molar-refractivity contribution is 5.85. The van der Waals surface area contributed by atoms with Crippen LogP contribution >= 0.6 is 24.8 Å². The molecule has 0 saturated carbocycles. The summed E-state index contributed by atoms with van der Waals surface area (Å²) in [5.41, 5.74) is 0. The molecule has 1 heterocycles. The smallest absolute Gasteiger partial charge is 0.236 e. The van der Waals surface area contributed by atoms with Crippen molar-refractivity contribution < 1.29 is 4.79 Å². The van der Waals surface area contributed by atoms with Crippen molar-refractivity contribution in [3.63, 3.8) is 0 Å². The lowest BCUT2D eigenvalue weighted by Crippen LogP contribution is -2.48. The number of halogens is 2. The number of piperazine rings is 1. The monoisotopic (exact) mass is 243 g/mol. The van der Waals surface area contributed by atoms with Gasteiger partial charge in [0.1, 0.15) is 0 Å². The lowest BCUT2D eigenvalue weighted by molar-refractivity contribution is -0.132. The van der Waals surface area contributed by atoms with Crippen LogP contribution in [0.5, 0.6) is 0 Å². The van der Waals surface area contributed by atoms with Gasteiger partial charge in [-0.1, -0.05) is 0 Å². The summed E-state index contributed by atoms with van der Waals surface area (Å²) >= 11 is 0. The first-order valence-electron chi connectivity index (χ1n) is 4.33. The number of likely N-dealkylation sites (N-methyl/N-ethyl adjacent to an activating group) is 1. The van der Waals surface area contributed by atoms with Gasteiger partial charge in [0.25, 0.3) is 0 Å². The van der Waals surface area contributed by atoms with Gasteiger partial charge in [0.2, 0.25) is 5.91 Å². The summed E-state index contributed by atoms with van der Waals surface area (Å²) in [5, 5.41) is 3.22. The fourth-order valence-corrected chi connectivity index (χ4v) is 1.28. The van der Waals surface area contributed by atoms with Crippen molar-refractivity contribution in [2.24, 2.45) is 0 Å². The zero-order valence-corrected chi connectivity index (χ0v) is 10.3. The van der Waals surface area contributed by atoms with Crippen LogP contribution in [0, 0.1) is 0 Å². The predicted octanol–water partition coefficient (Wildman–Crippen LogP) is -0.177. The minimum atomic E-state index is 0. The van der Waals surface area contributed by atoms with Crippen molar-refractivity contribution in [2.45, 2.75) is 0 Å². The second kappa shape index (κ2) is 8.29. The lowest BCUT2D eigenvalue weighted by Gasteiger charge is -2.28. The van der Waals surface area contributed by atoms with Gasteiger partial charge < -0.3 is 15.1 Å². The van der Waals surface area contributed by atoms with E-state index in [1.54, 1.807) is 0 Å². The molecule has 0 aliphatic carbocycles. The number of carbonyl (C=O) groups is 1. The Bertz CT molecular complexity index is 161. The normalized spacial score (nSPS) is 15.8. The van der Waals surface area contributed by atoms with Gasteiger partial charge in [0, 0.05) is 26.2 Å². The van der Waals surface area contributed by atoms with E-state index in [1.165, 1.54) is 0 Å². The molecular formula is C8H19Cl2N3O. The first kappa shape index (κ1) is 16.4. The molecule has 6 heteroatoms. The first-order chi connectivity index (χ1) is 5.70. The Balaban J connectivity index is 0. The van der Waals surface area contributed by atoms with Crippen LogP contribution < -0.4 is 5.32 Å². The molecule has 86 valence electrons. The molecule has 1 aliphatic heterocycles. The zero-order chi connectivity index (χ0) is 8.97. The van der Waals surface area contributed by atoms with Gasteiger partial charge in [-0.3, -0.25) is 4.79 Å². The Labute approximate surface area is 97.8 Å². The van der Waals surface area contributed by atoms with Crippen LogP contribution in [0.1, 0.15) is 0 Å². The van der Waals surface area contributed by atoms with E-state index in [9.17, 15) is 4.79 Å². The van der Waals surface area contributed by atoms with Crippen molar-refractivity contribution in [3.8, 4) is 0 Å². The number of nitrogens with one attached hydrogen (secondary N) is 1. The second-order valence-corrected chi connectivity index (χ2v) is 3.37. The van der Waals surface area contributed by atoms with Crippen LogP contribution in [-0.2, 0) is 4.79 Å². The molecule has 1 amide bonds. The maximum absolute atomic E-state index is 11.5. The lowest BCUT2D eigenvalue weighted by atomic mass is 10.3. The van der Waals surface area contributed by atoms with E-state index < -0.39 is 0 Å². The van der Waals surface area contributed by atoms with Gasteiger partial charge in [-0.2, -0.15) is 0 Å². The number of carbonyl (C=O) groups excluding carboxylic acids is 1. The third kappa shape index (κ3) is 5.65. The maximum Gasteiger partial charge on any atom is 0.236 e. The fourth-order valence-electron chi connectivity index (χ4n) is 1.28. The zero-order valence-electron chi connectivity index (χ0n) is 8.65. The number of amides is 1. The van der Waals surface area contributed by atoms with Crippen molar-refractivity contribution >= 4 is 30.7 Å². The van der Waals surface area contributed by atoms with Gasteiger partial charge in [-0.25, -0.2) is 0 Å². The van der Waals surface area contributed by atoms with Gasteiger partial charge in [-0.15, -0.1) is 24.8 Å². The molecule has 0 aromatic rings. The number of hydrogen-bond acceptors (Lipinski definition) is 3. The average Bonchev–Trinajstić information content (AvgIpc) is 2.05. The molecule has 14 heavy (non-hydrogen) atoms. The molecule has 0 atom stereocenters. The molecule has 4 nitrogen and oxygen atoms in total. The summed E-state index contributed by atoms with van der Waals surface area (Å²) in [6.07, 6.45) is 0. The van der Waals surface area contributed by atoms with Crippen LogP contribution in [0.4, 0.5) is 0 Å². The largest absolute Gasteiger partial charge is 0.339 e. The van der Waals surface area contributed by atoms with Crippen molar-refractivity contribution in [3.05, 3.63) is 0 Å². The molecule has 1 saturated heterocycles. The van der Waals surface area contributed by atoms with Gasteiger partial charge in [0.05, 0.1) is 6.54 Å². The fraction of sp³-hybridized carbons (Fsp3) is 0.875. The Kier molecular flexibility index (Phi) is 9.72. The summed E-state index contributed by atoms with van der Waals surface area (Å²) in [7, 11) is 3.83. The number of hydrogen-bond donors (Lipinski definition) is 1. The molecule has 0 unspecified atom stereocenters. The first-order valence-corrected chi connectivity index (χ1v) is 4.33. The Morgan fingerprint density at radius 2 is 1.79 bits per heavy atom. The quantitative estimate of drug-likeness (QED) is 0.732. The van der Waals surface area contributed by atoms with E-state index in [4.69, 9.17) is 0 Å². The van der Waals surface area contributed by atoms with Gasteiger partial charge in [0.15, 0.2) is 0 Å². The van der Waals surface area contributed by atoms with E-state index >= 15 is 0 Å². The van der Waals surface area contributed by atoms with Crippen molar-refractivity contribution in [2.75, 3.05) is 46.8 Å². The van der Waals surface area contributed by atoms with Gasteiger partial charge >= 0.3 is 0 Å². The third-order valence-corrected chi connectivity index (χ3v) is 1.92. The summed E-state index contributed by atoms with van der Waals surface area (Å²) < 4.78 is 0. The molecule has 0 radical (unpaired) electrons. The third-order valence-electron chi connectivity index (χ3n) is 1.92. The summed E-state index contributed by atoms with van der Waals surface area (Å²) in [6.45, 7) is 4.09. The van der Waals surface area contributed by atoms with E-state index in [2.05, 4.69) is 5.32 Å². The van der Waals surface area contributed by atoms with Crippen LogP contribution in [0.3, 0.4) is 0 Å². The van der Waals surface area contributed by atoms with Crippen LogP contribution in [0.2, 0.25) is 0 Å². The highest BCUT2D eigenvalue weighted by Crippen LogP contribution is 1.93. The van der Waals surface area contributed by atoms with Crippen LogP contribution in [0.15, 0.2) is 0 Å².